The Morgan fingerprint density at radius 2 is 2.11 bits per heavy atom. The molecule has 0 aliphatic carbocycles. The molecule has 1 aromatic carbocycles. The lowest BCUT2D eigenvalue weighted by Crippen LogP contribution is -2.31. The second-order valence-corrected chi connectivity index (χ2v) is 7.37. The maximum Gasteiger partial charge on any atom is 0.234 e. The topological polar surface area (TPSA) is 95.1 Å². The fourth-order valence-electron chi connectivity index (χ4n) is 3.05. The highest BCUT2D eigenvalue weighted by Crippen LogP contribution is 2.36. The van der Waals surface area contributed by atoms with Crippen molar-refractivity contribution in [3.8, 4) is 6.07 Å². The normalized spacial score (nSPS) is 16.6. The van der Waals surface area contributed by atoms with E-state index in [1.54, 1.807) is 12.1 Å². The molecule has 1 atom stereocenters. The van der Waals surface area contributed by atoms with E-state index in [0.29, 0.717) is 16.4 Å². The number of rotatable bonds is 5. The summed E-state index contributed by atoms with van der Waals surface area (Å²) in [5, 5.41) is 15.5. The average molecular weight is 381 g/mol. The summed E-state index contributed by atoms with van der Waals surface area (Å²) in [6.07, 6.45) is 1.66. The minimum Gasteiger partial charge on any atom is -0.469 e. The maximum atomic E-state index is 12.3. The van der Waals surface area contributed by atoms with Gasteiger partial charge in [-0.2, -0.15) is 5.26 Å². The van der Waals surface area contributed by atoms with Crippen molar-refractivity contribution in [1.29, 1.82) is 5.26 Å². The molecule has 1 aliphatic rings. The van der Waals surface area contributed by atoms with Crippen molar-refractivity contribution in [3.05, 3.63) is 64.1 Å². The monoisotopic (exact) mass is 381 g/mol. The molecule has 0 saturated carbocycles. The number of allylic oxidation sites excluding steroid dienone is 1. The highest BCUT2D eigenvalue weighted by atomic mass is 32.2. The lowest BCUT2D eigenvalue weighted by Gasteiger charge is -2.23. The van der Waals surface area contributed by atoms with Gasteiger partial charge in [-0.25, -0.2) is 0 Å². The van der Waals surface area contributed by atoms with E-state index in [9.17, 15) is 14.9 Å². The molecule has 2 N–H and O–H groups in total. The predicted octanol–water partition coefficient (Wildman–Crippen LogP) is 3.61. The Bertz CT molecular complexity index is 922. The van der Waals surface area contributed by atoms with Gasteiger partial charge in [-0.3, -0.25) is 9.59 Å². The molecule has 6 nitrogen and oxygen atoms in total. The number of amides is 2. The van der Waals surface area contributed by atoms with Gasteiger partial charge in [-0.1, -0.05) is 17.8 Å². The molecule has 0 bridgehead atoms. The number of thioether (sulfide) groups is 1. The first-order valence-corrected chi connectivity index (χ1v) is 9.43. The van der Waals surface area contributed by atoms with E-state index in [1.807, 2.05) is 32.0 Å². The van der Waals surface area contributed by atoms with Gasteiger partial charge in [0.15, 0.2) is 0 Å². The Morgan fingerprint density at radius 3 is 2.74 bits per heavy atom. The summed E-state index contributed by atoms with van der Waals surface area (Å²) < 4.78 is 5.37. The van der Waals surface area contributed by atoms with Crippen molar-refractivity contribution in [2.75, 3.05) is 11.1 Å². The van der Waals surface area contributed by atoms with Crippen LogP contribution in [0.5, 0.6) is 0 Å². The summed E-state index contributed by atoms with van der Waals surface area (Å²) in [7, 11) is 0. The molecule has 2 heterocycles. The molecular weight excluding hydrogens is 362 g/mol. The van der Waals surface area contributed by atoms with Gasteiger partial charge < -0.3 is 15.1 Å². The van der Waals surface area contributed by atoms with Gasteiger partial charge in [0, 0.05) is 12.1 Å². The van der Waals surface area contributed by atoms with E-state index >= 15 is 0 Å². The number of nitrogens with one attached hydrogen (secondary N) is 2. The Balaban J connectivity index is 1.72. The molecule has 0 fully saturated rings. The van der Waals surface area contributed by atoms with Crippen LogP contribution in [0.15, 0.2) is 51.6 Å². The van der Waals surface area contributed by atoms with Crippen LogP contribution < -0.4 is 10.6 Å². The summed E-state index contributed by atoms with van der Waals surface area (Å²) in [5.74, 6) is -0.182. The summed E-state index contributed by atoms with van der Waals surface area (Å²) in [6.45, 7) is 3.93. The first-order chi connectivity index (χ1) is 13.0. The van der Waals surface area contributed by atoms with Crippen LogP contribution in [0.2, 0.25) is 0 Å². The van der Waals surface area contributed by atoms with Gasteiger partial charge >= 0.3 is 0 Å². The van der Waals surface area contributed by atoms with Gasteiger partial charge in [-0.15, -0.1) is 0 Å². The molecule has 0 spiro atoms. The van der Waals surface area contributed by atoms with Gasteiger partial charge in [-0.05, 0) is 49.2 Å². The number of aryl methyl sites for hydroxylation is 2. The van der Waals surface area contributed by atoms with Crippen molar-refractivity contribution in [2.45, 2.75) is 26.2 Å². The Kier molecular flexibility index (Phi) is 5.67. The quantitative estimate of drug-likeness (QED) is 0.825. The number of carbonyl (C=O) groups excluding carboxylic acids is 2. The van der Waals surface area contributed by atoms with E-state index in [2.05, 4.69) is 16.7 Å². The molecule has 138 valence electrons. The predicted molar refractivity (Wildman–Crippen MR) is 104 cm³/mol. The number of benzene rings is 1. The molecule has 2 amide bonds. The molecule has 7 heteroatoms. The minimum absolute atomic E-state index is 0.0820. The largest absolute Gasteiger partial charge is 0.469 e. The third-order valence-corrected chi connectivity index (χ3v) is 5.11. The van der Waals surface area contributed by atoms with Crippen LogP contribution >= 0.6 is 11.8 Å². The molecule has 0 unspecified atom stereocenters. The fourth-order valence-corrected chi connectivity index (χ4v) is 3.92. The van der Waals surface area contributed by atoms with E-state index in [1.165, 1.54) is 6.26 Å². The summed E-state index contributed by atoms with van der Waals surface area (Å²) in [5.41, 5.74) is 3.27. The Morgan fingerprint density at radius 1 is 1.37 bits per heavy atom. The van der Waals surface area contributed by atoms with Crippen LogP contribution in [0.4, 0.5) is 5.69 Å². The highest BCUT2D eigenvalue weighted by molar-refractivity contribution is 8.03. The molecular formula is C20H19N3O3S. The van der Waals surface area contributed by atoms with E-state index < -0.39 is 5.92 Å². The molecule has 0 radical (unpaired) electrons. The lowest BCUT2D eigenvalue weighted by molar-refractivity contribution is -0.121. The average Bonchev–Trinajstić information content (AvgIpc) is 3.13. The standard InChI is InChI=1S/C20H19N3O3S/c1-12-6-13(2)8-14(7-12)22-19(25)11-27-20-16(10-21)15(9-18(24)23-20)17-4-3-5-26-17/h3-8,15H,9,11H2,1-2H3,(H,22,25)(H,23,24)/t15-/m0/s1. The summed E-state index contributed by atoms with van der Waals surface area (Å²) >= 11 is 1.14. The number of hydrogen-bond donors (Lipinski definition) is 2. The van der Waals surface area contributed by atoms with Crippen LogP contribution in [0, 0.1) is 25.2 Å². The van der Waals surface area contributed by atoms with Gasteiger partial charge in [0.05, 0.1) is 34.6 Å². The molecule has 1 aromatic heterocycles. The van der Waals surface area contributed by atoms with Crippen molar-refractivity contribution >= 4 is 29.3 Å². The first kappa shape index (κ1) is 18.8. The zero-order valence-corrected chi connectivity index (χ0v) is 15.9. The third-order valence-electron chi connectivity index (χ3n) is 4.10. The van der Waals surface area contributed by atoms with Crippen LogP contribution in [0.1, 0.15) is 29.2 Å². The molecule has 3 rings (SSSR count). The molecule has 27 heavy (non-hydrogen) atoms. The fraction of sp³-hybridized carbons (Fsp3) is 0.250. The molecule has 1 aliphatic heterocycles. The highest BCUT2D eigenvalue weighted by Gasteiger charge is 2.31. The number of nitrogens with zero attached hydrogens (tertiary/aromatic N) is 1. The van der Waals surface area contributed by atoms with E-state index in [0.717, 1.165) is 28.6 Å². The Labute approximate surface area is 161 Å². The minimum atomic E-state index is -0.427. The lowest BCUT2D eigenvalue weighted by atomic mass is 9.92. The Hall–Kier alpha value is -2.98. The number of anilines is 1. The van der Waals surface area contributed by atoms with E-state index in [-0.39, 0.29) is 24.0 Å². The first-order valence-electron chi connectivity index (χ1n) is 8.44. The zero-order chi connectivity index (χ0) is 19.4. The van der Waals surface area contributed by atoms with Crippen LogP contribution in [0.3, 0.4) is 0 Å². The van der Waals surface area contributed by atoms with Gasteiger partial charge in [0.25, 0.3) is 0 Å². The second-order valence-electron chi connectivity index (χ2n) is 6.39. The molecule has 0 saturated heterocycles. The SMILES string of the molecule is Cc1cc(C)cc(NC(=O)CSC2=C(C#N)[C@@H](c3ccco3)CC(=O)N2)c1. The second kappa shape index (κ2) is 8.14. The maximum absolute atomic E-state index is 12.3. The summed E-state index contributed by atoms with van der Waals surface area (Å²) in [4.78, 5) is 24.3. The molecule has 2 aromatic rings. The van der Waals surface area contributed by atoms with Crippen LogP contribution in [0.25, 0.3) is 0 Å². The van der Waals surface area contributed by atoms with Crippen LogP contribution in [-0.2, 0) is 9.59 Å². The van der Waals surface area contributed by atoms with Gasteiger partial charge in [0.2, 0.25) is 11.8 Å². The number of nitriles is 1. The van der Waals surface area contributed by atoms with Crippen molar-refractivity contribution in [1.82, 2.24) is 5.32 Å². The van der Waals surface area contributed by atoms with Crippen molar-refractivity contribution in [2.24, 2.45) is 0 Å². The van der Waals surface area contributed by atoms with Gasteiger partial charge in [0.1, 0.15) is 5.76 Å². The zero-order valence-electron chi connectivity index (χ0n) is 15.0. The smallest absolute Gasteiger partial charge is 0.234 e. The number of carbonyl (C=O) groups is 2. The van der Waals surface area contributed by atoms with Crippen molar-refractivity contribution in [3.63, 3.8) is 0 Å². The third kappa shape index (κ3) is 4.60. The van der Waals surface area contributed by atoms with Crippen molar-refractivity contribution < 1.29 is 14.0 Å². The summed E-state index contributed by atoms with van der Waals surface area (Å²) in [6, 6.07) is 11.4. The number of furan rings is 1. The van der Waals surface area contributed by atoms with E-state index in [4.69, 9.17) is 4.42 Å². The number of hydrogen-bond acceptors (Lipinski definition) is 5. The van der Waals surface area contributed by atoms with Crippen LogP contribution in [-0.4, -0.2) is 17.6 Å².